The summed E-state index contributed by atoms with van der Waals surface area (Å²) in [7, 11) is 1.46. The van der Waals surface area contributed by atoms with Crippen molar-refractivity contribution in [3.63, 3.8) is 0 Å². The fourth-order valence-corrected chi connectivity index (χ4v) is 5.12. The van der Waals surface area contributed by atoms with Gasteiger partial charge in [-0.2, -0.15) is 0 Å². The second-order valence-electron chi connectivity index (χ2n) is 12.9. The van der Waals surface area contributed by atoms with E-state index in [9.17, 15) is 19.0 Å². The van der Waals surface area contributed by atoms with E-state index < -0.39 is 26.5 Å². The summed E-state index contributed by atoms with van der Waals surface area (Å²) in [5, 5.41) is 0. The largest absolute Gasteiger partial charge is 0.472 e. The van der Waals surface area contributed by atoms with Crippen molar-refractivity contribution in [2.24, 2.45) is 0 Å². The van der Waals surface area contributed by atoms with Crippen LogP contribution in [0.2, 0.25) is 0 Å². The highest BCUT2D eigenvalue weighted by Crippen LogP contribution is 2.43. The quantitative estimate of drug-likeness (QED) is 0.0258. The maximum atomic E-state index is 12.5. The van der Waals surface area contributed by atoms with E-state index in [2.05, 4.69) is 38.2 Å². The predicted molar refractivity (Wildman–Crippen MR) is 183 cm³/mol. The first kappa shape index (κ1) is 43.5. The number of esters is 2. The number of likely N-dealkylation sites (N-methyl/N-ethyl adjacent to an activating group) is 1. The Bertz CT molecular complexity index is 840. The van der Waals surface area contributed by atoms with Crippen LogP contribution in [0.1, 0.15) is 136 Å². The molecule has 0 radical (unpaired) electrons. The number of ether oxygens (including phenoxy) is 2. The lowest BCUT2D eigenvalue weighted by Gasteiger charge is -2.24. The summed E-state index contributed by atoms with van der Waals surface area (Å²) in [6, 6.07) is 0. The van der Waals surface area contributed by atoms with Crippen LogP contribution in [0.3, 0.4) is 0 Å². The van der Waals surface area contributed by atoms with Gasteiger partial charge in [0.25, 0.3) is 0 Å². The highest BCUT2D eigenvalue weighted by atomic mass is 31.2. The van der Waals surface area contributed by atoms with Gasteiger partial charge in [0.15, 0.2) is 6.10 Å². The van der Waals surface area contributed by atoms with E-state index in [0.29, 0.717) is 17.4 Å². The van der Waals surface area contributed by atoms with Crippen molar-refractivity contribution in [1.29, 1.82) is 0 Å². The first-order chi connectivity index (χ1) is 21.5. The van der Waals surface area contributed by atoms with Gasteiger partial charge in [-0.1, -0.05) is 109 Å². The Morgan fingerprint density at radius 3 is 1.82 bits per heavy atom. The number of hydrogen-bond acceptors (Lipinski definition) is 7. The van der Waals surface area contributed by atoms with Crippen LogP contribution in [0.4, 0.5) is 0 Å². The van der Waals surface area contributed by atoms with Gasteiger partial charge in [0.2, 0.25) is 0 Å². The second-order valence-corrected chi connectivity index (χ2v) is 14.4. The van der Waals surface area contributed by atoms with Crippen molar-refractivity contribution < 1.29 is 42.1 Å². The number of hydrogen-bond donors (Lipinski definition) is 1. The summed E-state index contributed by atoms with van der Waals surface area (Å²) < 4.78 is 34.0. The first-order valence-electron chi connectivity index (χ1n) is 17.6. The average molecular weight is 661 g/mol. The summed E-state index contributed by atoms with van der Waals surface area (Å²) in [5.74, 6) is -0.824. The molecule has 264 valence electrons. The van der Waals surface area contributed by atoms with Crippen LogP contribution in [0.15, 0.2) is 24.3 Å². The van der Waals surface area contributed by atoms with Crippen molar-refractivity contribution in [3.05, 3.63) is 24.3 Å². The third-order valence-corrected chi connectivity index (χ3v) is 8.22. The minimum atomic E-state index is -4.36. The van der Waals surface area contributed by atoms with Gasteiger partial charge in [-0.3, -0.25) is 18.6 Å². The van der Waals surface area contributed by atoms with Crippen molar-refractivity contribution in [1.82, 2.24) is 0 Å². The van der Waals surface area contributed by atoms with Gasteiger partial charge in [0.1, 0.15) is 19.8 Å². The number of allylic oxidation sites excluding steroid dienone is 4. The Morgan fingerprint density at radius 2 is 1.22 bits per heavy atom. The molecule has 0 amide bonds. The number of rotatable bonds is 31. The van der Waals surface area contributed by atoms with Crippen molar-refractivity contribution in [2.45, 2.75) is 142 Å². The van der Waals surface area contributed by atoms with E-state index in [-0.39, 0.29) is 32.0 Å². The number of nitrogens with zero attached hydrogens (tertiary/aromatic N) is 1. The lowest BCUT2D eigenvalue weighted by molar-refractivity contribution is -0.870. The molecule has 0 aliphatic heterocycles. The molecule has 2 atom stereocenters. The van der Waals surface area contributed by atoms with Crippen LogP contribution in [-0.4, -0.2) is 74.9 Å². The molecule has 0 aliphatic rings. The zero-order valence-corrected chi connectivity index (χ0v) is 30.2. The molecule has 2 unspecified atom stereocenters. The van der Waals surface area contributed by atoms with E-state index in [1.165, 1.54) is 38.5 Å². The molecule has 0 spiro atoms. The Morgan fingerprint density at radius 1 is 0.689 bits per heavy atom. The number of phosphoric acid groups is 1. The first-order valence-corrected chi connectivity index (χ1v) is 19.1. The Hall–Kier alpha value is -1.51. The number of quaternary nitrogens is 1. The molecule has 0 bridgehead atoms. The molecule has 0 heterocycles. The van der Waals surface area contributed by atoms with E-state index >= 15 is 0 Å². The topological polar surface area (TPSA) is 108 Å². The van der Waals surface area contributed by atoms with Crippen LogP contribution in [0, 0.1) is 0 Å². The molecule has 0 aromatic heterocycles. The maximum absolute atomic E-state index is 12.5. The smallest absolute Gasteiger partial charge is 0.462 e. The summed E-state index contributed by atoms with van der Waals surface area (Å²) in [5.41, 5.74) is 0. The van der Waals surface area contributed by atoms with Crippen molar-refractivity contribution >= 4 is 19.8 Å². The second kappa shape index (κ2) is 28.7. The van der Waals surface area contributed by atoms with Crippen LogP contribution in [0.25, 0.3) is 0 Å². The number of carbonyl (C=O) groups excluding carboxylic acids is 2. The molecule has 0 fully saturated rings. The van der Waals surface area contributed by atoms with Crippen LogP contribution in [-0.2, 0) is 32.7 Å². The highest BCUT2D eigenvalue weighted by molar-refractivity contribution is 7.47. The number of unbranched alkanes of at least 4 members (excludes halogenated alkanes) is 13. The predicted octanol–water partition coefficient (Wildman–Crippen LogP) is 8.85. The molecule has 0 saturated heterocycles. The molecule has 45 heavy (non-hydrogen) atoms. The summed E-state index contributed by atoms with van der Waals surface area (Å²) >= 11 is 0. The Balaban J connectivity index is 4.48. The molecule has 0 saturated carbocycles. The van der Waals surface area contributed by atoms with Crippen molar-refractivity contribution in [2.75, 3.05) is 47.5 Å². The van der Waals surface area contributed by atoms with Crippen LogP contribution in [0.5, 0.6) is 0 Å². The SMILES string of the molecule is CCCC/C=C\C/C=C\CCCCCCCC(=O)OC(COC(=O)CCCCCCCCC)COP(=O)(O)OCC[N+](C)(C)C. The third-order valence-electron chi connectivity index (χ3n) is 7.23. The fraction of sp³-hybridized carbons (Fsp3) is 0.829. The lowest BCUT2D eigenvalue weighted by atomic mass is 10.1. The maximum Gasteiger partial charge on any atom is 0.472 e. The van der Waals surface area contributed by atoms with Gasteiger partial charge in [0, 0.05) is 12.8 Å². The standard InChI is InChI=1S/C35H66NO8P/c1-6-8-10-12-14-15-16-17-18-19-20-22-24-26-28-35(38)44-33(32-43-45(39,40)42-30-29-36(3,4)5)31-41-34(37)27-25-23-21-13-11-9-7-2/h12,14,16-17,33H,6-11,13,15,18-32H2,1-5H3/p+1/b14-12-,17-16-. The van der Waals surface area contributed by atoms with Gasteiger partial charge in [-0.05, 0) is 38.5 Å². The summed E-state index contributed by atoms with van der Waals surface area (Å²) in [6.07, 6.45) is 26.7. The monoisotopic (exact) mass is 660 g/mol. The zero-order chi connectivity index (χ0) is 33.7. The summed E-state index contributed by atoms with van der Waals surface area (Å²) in [6.45, 7) is 4.29. The molecule has 0 rings (SSSR count). The van der Waals surface area contributed by atoms with Gasteiger partial charge in [-0.15, -0.1) is 0 Å². The molecule has 0 aliphatic carbocycles. The summed E-state index contributed by atoms with van der Waals surface area (Å²) in [4.78, 5) is 34.9. The van der Waals surface area contributed by atoms with Crippen LogP contribution < -0.4 is 0 Å². The van der Waals surface area contributed by atoms with Crippen molar-refractivity contribution in [3.8, 4) is 0 Å². The van der Waals surface area contributed by atoms with E-state index in [1.54, 1.807) is 0 Å². The number of carbonyl (C=O) groups is 2. The van der Waals surface area contributed by atoms with Gasteiger partial charge < -0.3 is 18.9 Å². The average Bonchev–Trinajstić information content (AvgIpc) is 2.97. The minimum absolute atomic E-state index is 0.0297. The molecule has 0 aromatic carbocycles. The Kier molecular flexibility index (Phi) is 27.7. The van der Waals surface area contributed by atoms with Crippen LogP contribution >= 0.6 is 7.82 Å². The molecular formula is C35H67NO8P+. The van der Waals surface area contributed by atoms with E-state index in [4.69, 9.17) is 18.5 Å². The Labute approximate surface area is 275 Å². The van der Waals surface area contributed by atoms with Gasteiger partial charge in [-0.25, -0.2) is 4.57 Å². The third kappa shape index (κ3) is 32.2. The van der Waals surface area contributed by atoms with E-state index in [1.807, 2.05) is 21.1 Å². The van der Waals surface area contributed by atoms with Gasteiger partial charge in [0.05, 0.1) is 27.7 Å². The molecule has 1 N–H and O–H groups in total. The van der Waals surface area contributed by atoms with E-state index in [0.717, 1.165) is 64.2 Å². The highest BCUT2D eigenvalue weighted by Gasteiger charge is 2.27. The fourth-order valence-electron chi connectivity index (χ4n) is 4.38. The molecule has 10 heteroatoms. The molecule has 9 nitrogen and oxygen atoms in total. The normalized spacial score (nSPS) is 14.2. The molecular weight excluding hydrogens is 593 g/mol. The zero-order valence-electron chi connectivity index (χ0n) is 29.3. The minimum Gasteiger partial charge on any atom is -0.462 e. The lowest BCUT2D eigenvalue weighted by Crippen LogP contribution is -2.37. The number of phosphoric ester groups is 1. The van der Waals surface area contributed by atoms with Gasteiger partial charge >= 0.3 is 19.8 Å². The molecule has 0 aromatic rings.